The Labute approximate surface area is 336 Å². The van der Waals surface area contributed by atoms with Crippen LogP contribution in [0.1, 0.15) is 68.2 Å². The van der Waals surface area contributed by atoms with Crippen LogP contribution in [-0.4, -0.2) is 9.97 Å². The zero-order valence-corrected chi connectivity index (χ0v) is 32.6. The summed E-state index contributed by atoms with van der Waals surface area (Å²) in [5.41, 5.74) is 21.9. The van der Waals surface area contributed by atoms with Gasteiger partial charge in [0.1, 0.15) is 0 Å². The van der Waals surface area contributed by atoms with Crippen LogP contribution in [0, 0.1) is 0 Å². The number of hydrogen-bond acceptors (Lipinski definition) is 2. The van der Waals surface area contributed by atoms with Crippen LogP contribution in [0.25, 0.3) is 78.4 Å². The molecular formula is C55H44N2. The first-order valence-corrected chi connectivity index (χ1v) is 20.6. The lowest BCUT2D eigenvalue weighted by atomic mass is 9.67. The van der Waals surface area contributed by atoms with Crippen LogP contribution >= 0.6 is 0 Å². The maximum atomic E-state index is 5.47. The van der Waals surface area contributed by atoms with E-state index in [1.165, 1.54) is 76.6 Å². The maximum Gasteiger partial charge on any atom is 0.0973 e. The summed E-state index contributed by atoms with van der Waals surface area (Å²) in [6, 6.07) is 61.9. The fourth-order valence-corrected chi connectivity index (χ4v) is 10.4. The molecule has 274 valence electrons. The Morgan fingerprint density at radius 2 is 0.772 bits per heavy atom. The highest BCUT2D eigenvalue weighted by Gasteiger charge is 2.46. The minimum absolute atomic E-state index is 0.0752. The van der Waals surface area contributed by atoms with Crippen molar-refractivity contribution in [2.75, 3.05) is 0 Å². The molecule has 1 fully saturated rings. The van der Waals surface area contributed by atoms with E-state index in [1.54, 1.807) is 11.1 Å². The summed E-state index contributed by atoms with van der Waals surface area (Å²) in [5.74, 6) is 0. The van der Waals surface area contributed by atoms with Crippen molar-refractivity contribution in [3.05, 3.63) is 192 Å². The third-order valence-electron chi connectivity index (χ3n) is 13.3. The molecule has 3 aliphatic rings. The third-order valence-corrected chi connectivity index (χ3v) is 13.3. The largest absolute Gasteiger partial charge is 0.243 e. The molecule has 1 saturated carbocycles. The molecule has 2 heteroatoms. The monoisotopic (exact) mass is 732 g/mol. The summed E-state index contributed by atoms with van der Waals surface area (Å²) in [7, 11) is 0. The molecule has 1 heterocycles. The van der Waals surface area contributed by atoms with Crippen molar-refractivity contribution in [3.63, 3.8) is 0 Å². The summed E-state index contributed by atoms with van der Waals surface area (Å²) in [5, 5.41) is 0. The van der Waals surface area contributed by atoms with E-state index >= 15 is 0 Å². The van der Waals surface area contributed by atoms with Crippen LogP contribution in [0.5, 0.6) is 0 Å². The van der Waals surface area contributed by atoms with Gasteiger partial charge in [0.05, 0.1) is 22.8 Å². The molecule has 0 N–H and O–H groups in total. The van der Waals surface area contributed by atoms with Crippen LogP contribution in [0.15, 0.2) is 170 Å². The number of rotatable bonds is 5. The summed E-state index contributed by atoms with van der Waals surface area (Å²) in [6.45, 7) is 4.82. The van der Waals surface area contributed by atoms with Gasteiger partial charge in [0.15, 0.2) is 0 Å². The van der Waals surface area contributed by atoms with Gasteiger partial charge in [-0.1, -0.05) is 185 Å². The lowest BCUT2D eigenvalue weighted by molar-refractivity contribution is 0.353. The first kappa shape index (κ1) is 33.9. The first-order chi connectivity index (χ1) is 28.0. The third kappa shape index (κ3) is 5.31. The number of aromatic nitrogens is 2. The molecule has 2 nitrogen and oxygen atoms in total. The van der Waals surface area contributed by atoms with Gasteiger partial charge in [-0.2, -0.15) is 0 Å². The van der Waals surface area contributed by atoms with Gasteiger partial charge in [0, 0.05) is 33.1 Å². The van der Waals surface area contributed by atoms with Gasteiger partial charge < -0.3 is 0 Å². The van der Waals surface area contributed by atoms with Gasteiger partial charge in [-0.25, -0.2) is 9.97 Å². The van der Waals surface area contributed by atoms with E-state index < -0.39 is 0 Å². The highest BCUT2D eigenvalue weighted by Crippen LogP contribution is 2.60. The molecule has 7 aromatic carbocycles. The smallest absolute Gasteiger partial charge is 0.0973 e. The normalized spacial score (nSPS) is 15.5. The Hall–Kier alpha value is -6.38. The van der Waals surface area contributed by atoms with E-state index in [2.05, 4.69) is 178 Å². The van der Waals surface area contributed by atoms with E-state index in [1.807, 2.05) is 6.07 Å². The van der Waals surface area contributed by atoms with E-state index in [0.717, 1.165) is 45.0 Å². The van der Waals surface area contributed by atoms with E-state index in [0.29, 0.717) is 0 Å². The van der Waals surface area contributed by atoms with Gasteiger partial charge in [-0.3, -0.25) is 0 Å². The van der Waals surface area contributed by atoms with Crippen molar-refractivity contribution < 1.29 is 0 Å². The van der Waals surface area contributed by atoms with Crippen molar-refractivity contribution in [2.45, 2.75) is 56.8 Å². The second-order valence-corrected chi connectivity index (χ2v) is 16.8. The summed E-state index contributed by atoms with van der Waals surface area (Å²) >= 11 is 0. The predicted molar refractivity (Wildman–Crippen MR) is 236 cm³/mol. The highest BCUT2D eigenvalue weighted by atomic mass is 14.9. The SMILES string of the molecule is CC1(C)c2ccc(-c3ccc(-c4nc(-c5ccccc5)c(-c5ccccc5)nc4-c4ccccc4)cc3)cc2-c2cc3c(cc21)-c1ccccc1C31CCCCC1. The number of fused-ring (bicyclic) bond motifs is 8. The molecule has 0 saturated heterocycles. The number of benzene rings is 7. The molecule has 0 aliphatic heterocycles. The van der Waals surface area contributed by atoms with Crippen LogP contribution in [0.3, 0.4) is 0 Å². The molecule has 8 aromatic rings. The topological polar surface area (TPSA) is 25.8 Å². The summed E-state index contributed by atoms with van der Waals surface area (Å²) < 4.78 is 0. The molecule has 0 unspecified atom stereocenters. The molecule has 11 rings (SSSR count). The average Bonchev–Trinajstić information content (AvgIpc) is 3.66. The van der Waals surface area contributed by atoms with Crippen LogP contribution in [0.2, 0.25) is 0 Å². The fraction of sp³-hybridized carbons (Fsp3) is 0.164. The van der Waals surface area contributed by atoms with Gasteiger partial charge in [-0.15, -0.1) is 0 Å². The van der Waals surface area contributed by atoms with Crippen LogP contribution < -0.4 is 0 Å². The maximum absolute atomic E-state index is 5.47. The number of hydrogen-bond donors (Lipinski definition) is 0. The summed E-state index contributed by atoms with van der Waals surface area (Å²) in [6.07, 6.45) is 6.44. The van der Waals surface area contributed by atoms with Gasteiger partial charge in [-0.05, 0) is 86.7 Å². The van der Waals surface area contributed by atoms with Crippen molar-refractivity contribution >= 4 is 0 Å². The Bertz CT molecular complexity index is 2810. The second-order valence-electron chi connectivity index (χ2n) is 16.8. The molecule has 1 spiro atoms. The van der Waals surface area contributed by atoms with Gasteiger partial charge >= 0.3 is 0 Å². The average molecular weight is 733 g/mol. The Kier molecular flexibility index (Phi) is 7.80. The molecule has 0 radical (unpaired) electrons. The van der Waals surface area contributed by atoms with Gasteiger partial charge in [0.25, 0.3) is 0 Å². The quantitative estimate of drug-likeness (QED) is 0.176. The minimum atomic E-state index is -0.0752. The second kappa shape index (κ2) is 13.1. The standard InChI is InChI=1S/C55H44N2/c1-54(2)46-30-29-41(33-43(46)45-35-49-44(34-48(45)54)42-23-13-14-24-47(42)55(49)31-15-6-16-32-55)36-25-27-40(28-26-36)53-52(39-21-11-5-12-22-39)56-50(37-17-7-3-8-18-37)51(57-53)38-19-9-4-10-20-38/h3-5,7-14,17-30,33-35H,6,15-16,31-32H2,1-2H3. The highest BCUT2D eigenvalue weighted by molar-refractivity contribution is 5.92. The zero-order chi connectivity index (χ0) is 38.1. The van der Waals surface area contributed by atoms with Crippen LogP contribution in [0.4, 0.5) is 0 Å². The van der Waals surface area contributed by atoms with E-state index in [-0.39, 0.29) is 10.8 Å². The molecule has 0 atom stereocenters. The van der Waals surface area contributed by atoms with E-state index in [9.17, 15) is 0 Å². The Balaban J connectivity index is 1.02. The predicted octanol–water partition coefficient (Wildman–Crippen LogP) is 14.3. The molecule has 1 aromatic heterocycles. The molecule has 3 aliphatic carbocycles. The summed E-state index contributed by atoms with van der Waals surface area (Å²) in [4.78, 5) is 10.9. The first-order valence-electron chi connectivity index (χ1n) is 20.6. The van der Waals surface area contributed by atoms with Crippen molar-refractivity contribution in [1.29, 1.82) is 0 Å². The Morgan fingerprint density at radius 3 is 1.35 bits per heavy atom. The van der Waals surface area contributed by atoms with Crippen molar-refractivity contribution in [3.8, 4) is 78.4 Å². The zero-order valence-electron chi connectivity index (χ0n) is 32.6. The lowest BCUT2D eigenvalue weighted by Gasteiger charge is -2.36. The van der Waals surface area contributed by atoms with E-state index in [4.69, 9.17) is 9.97 Å². The Morgan fingerprint density at radius 1 is 0.333 bits per heavy atom. The fourth-order valence-electron chi connectivity index (χ4n) is 10.4. The van der Waals surface area contributed by atoms with Crippen molar-refractivity contribution in [1.82, 2.24) is 9.97 Å². The molecule has 0 bridgehead atoms. The van der Waals surface area contributed by atoms with Crippen molar-refractivity contribution in [2.24, 2.45) is 0 Å². The van der Waals surface area contributed by atoms with Gasteiger partial charge in [0.2, 0.25) is 0 Å². The lowest BCUT2D eigenvalue weighted by Crippen LogP contribution is -2.28. The van der Waals surface area contributed by atoms with Crippen LogP contribution in [-0.2, 0) is 10.8 Å². The molecule has 57 heavy (non-hydrogen) atoms. The number of nitrogens with zero attached hydrogens (tertiary/aromatic N) is 2. The molecular weight excluding hydrogens is 689 g/mol. The molecule has 0 amide bonds. The minimum Gasteiger partial charge on any atom is -0.243 e.